The minimum atomic E-state index is -0.190. The molecule has 1 unspecified atom stereocenters. The fraction of sp³-hybridized carbons (Fsp3) is 0.300. The fourth-order valence-corrected chi connectivity index (χ4v) is 4.00. The summed E-state index contributed by atoms with van der Waals surface area (Å²) in [5.74, 6) is 1.82. The molecule has 3 heterocycles. The number of ether oxygens (including phenoxy) is 2. The summed E-state index contributed by atoms with van der Waals surface area (Å²) in [6, 6.07) is 10.8. The van der Waals surface area contributed by atoms with Crippen molar-refractivity contribution in [1.82, 2.24) is 4.90 Å². The van der Waals surface area contributed by atoms with Gasteiger partial charge in [0.1, 0.15) is 0 Å². The highest BCUT2D eigenvalue weighted by molar-refractivity contribution is 5.86. The van der Waals surface area contributed by atoms with Crippen LogP contribution in [0.1, 0.15) is 34.7 Å². The molecule has 0 fully saturated rings. The van der Waals surface area contributed by atoms with Crippen LogP contribution in [0.5, 0.6) is 11.5 Å². The Morgan fingerprint density at radius 3 is 2.96 bits per heavy atom. The molecule has 116 valence electrons. The lowest BCUT2D eigenvalue weighted by molar-refractivity contribution is 0.0675. The number of rotatable bonds is 0. The average molecular weight is 305 g/mol. The Kier molecular flexibility index (Phi) is 2.58. The number of hydrogen-bond acceptors (Lipinski definition) is 3. The molecule has 3 aliphatic rings. The molecule has 0 radical (unpaired) electrons. The van der Waals surface area contributed by atoms with Gasteiger partial charge in [0.2, 0.25) is 6.29 Å². The van der Waals surface area contributed by atoms with E-state index in [1.807, 2.05) is 6.92 Å². The molecule has 23 heavy (non-hydrogen) atoms. The first kappa shape index (κ1) is 13.1. The second kappa shape index (κ2) is 4.54. The van der Waals surface area contributed by atoms with Crippen molar-refractivity contribution in [2.75, 3.05) is 6.54 Å². The standard InChI is InChI=1S/C20H19NO2/c1-12-16-7-8-21-11-15-6-4-3-5-14(15)9-18(21)17(16)10-19-20(12)23-13(2)22-19/h3-6,9-10,13H,7-8,11H2,1-2H3. The molecule has 0 aliphatic carbocycles. The van der Waals surface area contributed by atoms with Crippen LogP contribution in [0.3, 0.4) is 0 Å². The van der Waals surface area contributed by atoms with E-state index in [1.54, 1.807) is 0 Å². The Morgan fingerprint density at radius 1 is 1.17 bits per heavy atom. The Balaban J connectivity index is 1.71. The number of benzene rings is 2. The average Bonchev–Trinajstić information content (AvgIpc) is 2.94. The second-order valence-electron chi connectivity index (χ2n) is 6.56. The minimum absolute atomic E-state index is 0.190. The Labute approximate surface area is 136 Å². The Hall–Kier alpha value is -2.42. The Bertz CT molecular complexity index is 853. The first-order chi connectivity index (χ1) is 11.2. The van der Waals surface area contributed by atoms with Gasteiger partial charge in [-0.05, 0) is 47.7 Å². The smallest absolute Gasteiger partial charge is 0.238 e. The van der Waals surface area contributed by atoms with E-state index in [9.17, 15) is 0 Å². The molecule has 3 heteroatoms. The van der Waals surface area contributed by atoms with Crippen LogP contribution in [0, 0.1) is 6.92 Å². The van der Waals surface area contributed by atoms with E-state index in [0.717, 1.165) is 31.0 Å². The van der Waals surface area contributed by atoms with E-state index in [2.05, 4.69) is 48.2 Å². The maximum atomic E-state index is 5.84. The molecule has 5 rings (SSSR count). The van der Waals surface area contributed by atoms with Crippen molar-refractivity contribution in [3.63, 3.8) is 0 Å². The third-order valence-electron chi connectivity index (χ3n) is 5.15. The lowest BCUT2D eigenvalue weighted by Gasteiger charge is -2.37. The molecule has 0 saturated heterocycles. The van der Waals surface area contributed by atoms with Crippen LogP contribution in [-0.4, -0.2) is 17.7 Å². The zero-order valence-corrected chi connectivity index (χ0v) is 13.4. The minimum Gasteiger partial charge on any atom is -0.451 e. The molecule has 3 aliphatic heterocycles. The first-order valence-corrected chi connectivity index (χ1v) is 8.25. The highest BCUT2D eigenvalue weighted by Gasteiger charge is 2.31. The summed E-state index contributed by atoms with van der Waals surface area (Å²) in [5.41, 5.74) is 8.00. The molecule has 0 spiro atoms. The number of fused-ring (bicyclic) bond motifs is 5. The summed E-state index contributed by atoms with van der Waals surface area (Å²) in [4.78, 5) is 2.48. The van der Waals surface area contributed by atoms with Gasteiger partial charge in [-0.15, -0.1) is 0 Å². The zero-order chi connectivity index (χ0) is 15.6. The number of hydrogen-bond donors (Lipinski definition) is 0. The third-order valence-corrected chi connectivity index (χ3v) is 5.15. The van der Waals surface area contributed by atoms with Gasteiger partial charge < -0.3 is 14.4 Å². The van der Waals surface area contributed by atoms with Crippen molar-refractivity contribution >= 4 is 11.8 Å². The second-order valence-corrected chi connectivity index (χ2v) is 6.56. The molecular weight excluding hydrogens is 286 g/mol. The van der Waals surface area contributed by atoms with Crippen LogP contribution in [0.15, 0.2) is 30.3 Å². The van der Waals surface area contributed by atoms with Crippen LogP contribution >= 0.6 is 0 Å². The van der Waals surface area contributed by atoms with Crippen molar-refractivity contribution in [3.05, 3.63) is 58.1 Å². The predicted molar refractivity (Wildman–Crippen MR) is 90.3 cm³/mol. The van der Waals surface area contributed by atoms with Crippen molar-refractivity contribution in [3.8, 4) is 11.5 Å². The van der Waals surface area contributed by atoms with E-state index < -0.39 is 0 Å². The van der Waals surface area contributed by atoms with Gasteiger partial charge in [-0.25, -0.2) is 0 Å². The molecule has 3 nitrogen and oxygen atoms in total. The quantitative estimate of drug-likeness (QED) is 0.735. The van der Waals surface area contributed by atoms with Gasteiger partial charge in [0.05, 0.1) is 0 Å². The van der Waals surface area contributed by atoms with Gasteiger partial charge in [-0.3, -0.25) is 0 Å². The molecule has 2 aromatic rings. The molecule has 1 atom stereocenters. The monoisotopic (exact) mass is 305 g/mol. The van der Waals surface area contributed by atoms with E-state index in [0.29, 0.717) is 0 Å². The van der Waals surface area contributed by atoms with E-state index >= 15 is 0 Å². The maximum Gasteiger partial charge on any atom is 0.238 e. The maximum absolute atomic E-state index is 5.84. The summed E-state index contributed by atoms with van der Waals surface area (Å²) in [7, 11) is 0. The molecule has 0 bridgehead atoms. The van der Waals surface area contributed by atoms with Gasteiger partial charge in [-0.2, -0.15) is 0 Å². The van der Waals surface area contributed by atoms with Gasteiger partial charge in [0.25, 0.3) is 0 Å². The Morgan fingerprint density at radius 2 is 2.04 bits per heavy atom. The van der Waals surface area contributed by atoms with Crippen LogP contribution in [0.4, 0.5) is 0 Å². The van der Waals surface area contributed by atoms with Crippen molar-refractivity contribution in [1.29, 1.82) is 0 Å². The summed E-state index contributed by atoms with van der Waals surface area (Å²) in [6.07, 6.45) is 3.19. The zero-order valence-electron chi connectivity index (χ0n) is 13.4. The van der Waals surface area contributed by atoms with Crippen molar-refractivity contribution < 1.29 is 9.47 Å². The van der Waals surface area contributed by atoms with E-state index in [4.69, 9.17) is 9.47 Å². The van der Waals surface area contributed by atoms with Crippen molar-refractivity contribution in [2.45, 2.75) is 33.1 Å². The summed E-state index contributed by atoms with van der Waals surface area (Å²) in [6.45, 7) is 6.15. The van der Waals surface area contributed by atoms with Crippen LogP contribution in [0.2, 0.25) is 0 Å². The SMILES string of the molecule is Cc1c2c(cc3c1OC(C)O3)C1=Cc3ccccc3CN1CC2. The highest BCUT2D eigenvalue weighted by atomic mass is 16.7. The largest absolute Gasteiger partial charge is 0.451 e. The first-order valence-electron chi connectivity index (χ1n) is 8.25. The van der Waals surface area contributed by atoms with Gasteiger partial charge in [-0.1, -0.05) is 24.3 Å². The lowest BCUT2D eigenvalue weighted by atomic mass is 9.88. The number of nitrogens with zero attached hydrogens (tertiary/aromatic N) is 1. The van der Waals surface area contributed by atoms with Gasteiger partial charge >= 0.3 is 0 Å². The molecule has 0 saturated carbocycles. The predicted octanol–water partition coefficient (Wildman–Crippen LogP) is 3.98. The van der Waals surface area contributed by atoms with Gasteiger partial charge in [0, 0.05) is 31.3 Å². The van der Waals surface area contributed by atoms with Crippen LogP contribution in [-0.2, 0) is 13.0 Å². The normalized spacial score (nSPS) is 20.5. The summed E-state index contributed by atoms with van der Waals surface area (Å²) in [5, 5.41) is 0. The van der Waals surface area contributed by atoms with Crippen LogP contribution < -0.4 is 9.47 Å². The summed E-state index contributed by atoms with van der Waals surface area (Å²) < 4.78 is 11.7. The van der Waals surface area contributed by atoms with Crippen LogP contribution in [0.25, 0.3) is 11.8 Å². The topological polar surface area (TPSA) is 21.7 Å². The molecule has 0 amide bonds. The summed E-state index contributed by atoms with van der Waals surface area (Å²) >= 11 is 0. The molecule has 0 N–H and O–H groups in total. The molecule has 0 aromatic heterocycles. The highest BCUT2D eigenvalue weighted by Crippen LogP contribution is 2.46. The van der Waals surface area contributed by atoms with Crippen molar-refractivity contribution in [2.24, 2.45) is 0 Å². The molecule has 2 aromatic carbocycles. The third kappa shape index (κ3) is 1.83. The van der Waals surface area contributed by atoms with E-state index in [1.165, 1.54) is 33.5 Å². The molecular formula is C20H19NO2. The lowest BCUT2D eigenvalue weighted by Crippen LogP contribution is -2.31. The fourth-order valence-electron chi connectivity index (χ4n) is 4.00. The van der Waals surface area contributed by atoms with E-state index in [-0.39, 0.29) is 6.29 Å². The van der Waals surface area contributed by atoms with Gasteiger partial charge in [0.15, 0.2) is 11.5 Å².